The van der Waals surface area contributed by atoms with Gasteiger partial charge in [-0.25, -0.2) is 8.42 Å². The Morgan fingerprint density at radius 3 is 2.86 bits per heavy atom. The monoisotopic (exact) mass is 405 g/mol. The van der Waals surface area contributed by atoms with Crippen LogP contribution in [0.25, 0.3) is 0 Å². The van der Waals surface area contributed by atoms with E-state index in [2.05, 4.69) is 4.98 Å². The van der Waals surface area contributed by atoms with Gasteiger partial charge in [-0.2, -0.15) is 4.31 Å². The molecule has 0 bridgehead atoms. The number of nitrogens with two attached hydrogens (primary N) is 1. The number of piperidine rings is 1. The number of benzene rings is 1. The SMILES string of the molecule is CCOc1ccccc1S(=O)(=O)N1CCCC(Oc2ccnc(C(N)=O)c2)C1. The second-order valence-corrected chi connectivity index (χ2v) is 8.27. The lowest BCUT2D eigenvalue weighted by Gasteiger charge is -2.32. The smallest absolute Gasteiger partial charge is 0.267 e. The third-order valence-corrected chi connectivity index (χ3v) is 6.30. The molecular weight excluding hydrogens is 382 g/mol. The number of aromatic nitrogens is 1. The van der Waals surface area contributed by atoms with Crippen LogP contribution < -0.4 is 15.2 Å². The molecule has 0 saturated carbocycles. The van der Waals surface area contributed by atoms with Crippen molar-refractivity contribution in [2.24, 2.45) is 5.73 Å². The molecule has 1 unspecified atom stereocenters. The lowest BCUT2D eigenvalue weighted by atomic mass is 10.1. The van der Waals surface area contributed by atoms with Crippen LogP contribution in [0.1, 0.15) is 30.3 Å². The normalized spacial score (nSPS) is 17.8. The van der Waals surface area contributed by atoms with Crippen LogP contribution in [0.5, 0.6) is 11.5 Å². The summed E-state index contributed by atoms with van der Waals surface area (Å²) in [6, 6.07) is 9.69. The van der Waals surface area contributed by atoms with E-state index in [-0.39, 0.29) is 23.2 Å². The number of amides is 1. The van der Waals surface area contributed by atoms with Crippen molar-refractivity contribution in [3.8, 4) is 11.5 Å². The summed E-state index contributed by atoms with van der Waals surface area (Å²) in [5.41, 5.74) is 5.34. The number of para-hydroxylation sites is 1. The zero-order chi connectivity index (χ0) is 20.1. The Morgan fingerprint density at radius 1 is 1.32 bits per heavy atom. The van der Waals surface area contributed by atoms with Crippen molar-refractivity contribution in [2.75, 3.05) is 19.7 Å². The fourth-order valence-electron chi connectivity index (χ4n) is 3.11. The first kappa shape index (κ1) is 20.1. The second kappa shape index (κ2) is 8.57. The summed E-state index contributed by atoms with van der Waals surface area (Å²) in [7, 11) is -3.72. The van der Waals surface area contributed by atoms with E-state index < -0.39 is 15.9 Å². The second-order valence-electron chi connectivity index (χ2n) is 6.37. The summed E-state index contributed by atoms with van der Waals surface area (Å²) in [5.74, 6) is 0.127. The minimum absolute atomic E-state index is 0.100. The van der Waals surface area contributed by atoms with E-state index in [4.69, 9.17) is 15.2 Å². The molecular formula is C19H23N3O5S. The third kappa shape index (κ3) is 4.42. The van der Waals surface area contributed by atoms with Gasteiger partial charge >= 0.3 is 0 Å². The molecule has 2 aromatic rings. The summed E-state index contributed by atoms with van der Waals surface area (Å²) in [6.45, 7) is 2.80. The molecule has 1 aliphatic rings. The van der Waals surface area contributed by atoms with E-state index in [9.17, 15) is 13.2 Å². The molecule has 1 aliphatic heterocycles. The molecule has 1 saturated heterocycles. The topological polar surface area (TPSA) is 112 Å². The summed E-state index contributed by atoms with van der Waals surface area (Å²) >= 11 is 0. The molecule has 3 rings (SSSR count). The summed E-state index contributed by atoms with van der Waals surface area (Å²) in [6.07, 6.45) is 2.46. The zero-order valence-electron chi connectivity index (χ0n) is 15.6. The van der Waals surface area contributed by atoms with Crippen LogP contribution in [-0.4, -0.2) is 49.4 Å². The van der Waals surface area contributed by atoms with Gasteiger partial charge in [-0.15, -0.1) is 0 Å². The van der Waals surface area contributed by atoms with Crippen molar-refractivity contribution in [3.63, 3.8) is 0 Å². The summed E-state index contributed by atoms with van der Waals surface area (Å²) in [5, 5.41) is 0. The number of rotatable bonds is 7. The van der Waals surface area contributed by atoms with E-state index in [1.54, 1.807) is 30.3 Å². The van der Waals surface area contributed by atoms with Gasteiger partial charge < -0.3 is 15.2 Å². The van der Waals surface area contributed by atoms with Crippen LogP contribution in [0.2, 0.25) is 0 Å². The molecule has 1 atom stereocenters. The lowest BCUT2D eigenvalue weighted by Crippen LogP contribution is -2.44. The van der Waals surface area contributed by atoms with Crippen molar-refractivity contribution in [3.05, 3.63) is 48.3 Å². The van der Waals surface area contributed by atoms with Crippen LogP contribution >= 0.6 is 0 Å². The highest BCUT2D eigenvalue weighted by molar-refractivity contribution is 7.89. The molecule has 1 amide bonds. The standard InChI is InChI=1S/C19H23N3O5S/c1-2-26-17-7-3-4-8-18(17)28(24,25)22-11-5-6-15(13-22)27-14-9-10-21-16(12-14)19(20)23/h3-4,7-10,12,15H,2,5-6,11,13H2,1H3,(H2,20,23). The van der Waals surface area contributed by atoms with Gasteiger partial charge in [-0.3, -0.25) is 9.78 Å². The molecule has 2 heterocycles. The van der Waals surface area contributed by atoms with Crippen LogP contribution in [0.3, 0.4) is 0 Å². The first-order valence-corrected chi connectivity index (χ1v) is 10.5. The molecule has 2 N–H and O–H groups in total. The van der Waals surface area contributed by atoms with E-state index in [0.29, 0.717) is 37.5 Å². The fraction of sp³-hybridized carbons (Fsp3) is 0.368. The minimum atomic E-state index is -3.72. The minimum Gasteiger partial charge on any atom is -0.492 e. The molecule has 1 aromatic carbocycles. The van der Waals surface area contributed by atoms with Crippen LogP contribution in [0, 0.1) is 0 Å². The average molecular weight is 405 g/mol. The number of hydrogen-bond acceptors (Lipinski definition) is 6. The molecule has 0 spiro atoms. The first-order valence-electron chi connectivity index (χ1n) is 9.06. The van der Waals surface area contributed by atoms with Gasteiger partial charge in [0.05, 0.1) is 13.2 Å². The van der Waals surface area contributed by atoms with Crippen molar-refractivity contribution < 1.29 is 22.7 Å². The van der Waals surface area contributed by atoms with E-state index in [1.807, 2.05) is 6.92 Å². The van der Waals surface area contributed by atoms with Crippen LogP contribution in [0.15, 0.2) is 47.5 Å². The number of pyridine rings is 1. The fourth-order valence-corrected chi connectivity index (χ4v) is 4.75. The zero-order valence-corrected chi connectivity index (χ0v) is 16.4. The molecule has 1 aromatic heterocycles. The highest BCUT2D eigenvalue weighted by Gasteiger charge is 2.33. The molecule has 0 radical (unpaired) electrons. The highest BCUT2D eigenvalue weighted by Crippen LogP contribution is 2.29. The van der Waals surface area contributed by atoms with Crippen molar-refractivity contribution in [1.29, 1.82) is 0 Å². The molecule has 9 heteroatoms. The third-order valence-electron chi connectivity index (χ3n) is 4.39. The summed E-state index contributed by atoms with van der Waals surface area (Å²) in [4.78, 5) is 15.3. The number of primary amides is 1. The Balaban J connectivity index is 1.78. The number of carbonyl (C=O) groups excluding carboxylic acids is 1. The quantitative estimate of drug-likeness (QED) is 0.752. The summed E-state index contributed by atoms with van der Waals surface area (Å²) < 4.78 is 39.1. The van der Waals surface area contributed by atoms with Crippen LogP contribution in [-0.2, 0) is 10.0 Å². The molecule has 1 fully saturated rings. The van der Waals surface area contributed by atoms with Gasteiger partial charge in [0.15, 0.2) is 0 Å². The van der Waals surface area contributed by atoms with Gasteiger partial charge in [-0.1, -0.05) is 12.1 Å². The van der Waals surface area contributed by atoms with E-state index in [0.717, 1.165) is 0 Å². The van der Waals surface area contributed by atoms with E-state index >= 15 is 0 Å². The Morgan fingerprint density at radius 2 is 2.11 bits per heavy atom. The molecule has 28 heavy (non-hydrogen) atoms. The van der Waals surface area contributed by atoms with Gasteiger partial charge in [-0.05, 0) is 38.0 Å². The molecule has 150 valence electrons. The number of carbonyl (C=O) groups is 1. The Labute approximate surface area is 164 Å². The first-order chi connectivity index (χ1) is 13.4. The van der Waals surface area contributed by atoms with Crippen molar-refractivity contribution >= 4 is 15.9 Å². The molecule has 0 aliphatic carbocycles. The number of hydrogen-bond donors (Lipinski definition) is 1. The predicted molar refractivity (Wildman–Crippen MR) is 103 cm³/mol. The van der Waals surface area contributed by atoms with Crippen molar-refractivity contribution in [2.45, 2.75) is 30.8 Å². The Bertz CT molecular complexity index is 948. The van der Waals surface area contributed by atoms with Gasteiger partial charge in [0.2, 0.25) is 10.0 Å². The maximum atomic E-state index is 13.1. The van der Waals surface area contributed by atoms with Gasteiger partial charge in [0.25, 0.3) is 5.91 Å². The number of nitrogens with zero attached hydrogens (tertiary/aromatic N) is 2. The van der Waals surface area contributed by atoms with Gasteiger partial charge in [0.1, 0.15) is 28.2 Å². The Hall–Kier alpha value is -2.65. The van der Waals surface area contributed by atoms with Crippen molar-refractivity contribution in [1.82, 2.24) is 9.29 Å². The highest BCUT2D eigenvalue weighted by atomic mass is 32.2. The number of ether oxygens (including phenoxy) is 2. The van der Waals surface area contributed by atoms with E-state index in [1.165, 1.54) is 16.6 Å². The predicted octanol–water partition coefficient (Wildman–Crippen LogP) is 1.81. The van der Waals surface area contributed by atoms with Gasteiger partial charge in [0, 0.05) is 18.8 Å². The lowest BCUT2D eigenvalue weighted by molar-refractivity contribution is 0.0993. The molecule has 8 nitrogen and oxygen atoms in total. The maximum absolute atomic E-state index is 13.1. The largest absolute Gasteiger partial charge is 0.492 e. The van der Waals surface area contributed by atoms with Crippen LogP contribution in [0.4, 0.5) is 0 Å². The number of sulfonamides is 1. The maximum Gasteiger partial charge on any atom is 0.267 e. The Kier molecular flexibility index (Phi) is 6.15. The average Bonchev–Trinajstić information content (AvgIpc) is 2.69.